The second-order valence-electron chi connectivity index (χ2n) is 5.42. The molecule has 1 aromatic heterocycles. The molecule has 19 heavy (non-hydrogen) atoms. The summed E-state index contributed by atoms with van der Waals surface area (Å²) in [7, 11) is 1.63. The maximum absolute atomic E-state index is 11.8. The second kappa shape index (κ2) is 6.02. The zero-order chi connectivity index (χ0) is 14.6. The molecule has 0 fully saturated rings. The molecule has 0 saturated carbocycles. The summed E-state index contributed by atoms with van der Waals surface area (Å²) in [6.45, 7) is 9.31. The number of carbonyl (C=O) groups is 1. The molecular weight excluding hydrogens is 244 g/mol. The fraction of sp³-hybridized carbons (Fsp3) is 0.571. The smallest absolute Gasteiger partial charge is 0.412 e. The fourth-order valence-corrected chi connectivity index (χ4v) is 1.75. The van der Waals surface area contributed by atoms with Crippen molar-refractivity contribution in [3.8, 4) is 0 Å². The number of pyridine rings is 1. The van der Waals surface area contributed by atoms with Crippen molar-refractivity contribution in [2.45, 2.75) is 46.3 Å². The Kier molecular flexibility index (Phi) is 4.89. The number of anilines is 1. The number of ether oxygens (including phenoxy) is 2. The molecule has 1 unspecified atom stereocenters. The van der Waals surface area contributed by atoms with Gasteiger partial charge in [0.15, 0.2) is 0 Å². The van der Waals surface area contributed by atoms with E-state index in [4.69, 9.17) is 9.47 Å². The first kappa shape index (κ1) is 15.4. The topological polar surface area (TPSA) is 60.5 Å². The van der Waals surface area contributed by atoms with Gasteiger partial charge in [-0.2, -0.15) is 0 Å². The summed E-state index contributed by atoms with van der Waals surface area (Å²) in [6.07, 6.45) is 2.71. The standard InChI is InChI=1S/C14H22N2O3/c1-9-7-15-8-11(12(9)10(2)18-6)16-13(17)19-14(3,4)5/h7-8,10H,1-6H3,(H,16,17). The third kappa shape index (κ3) is 4.52. The number of amides is 1. The van der Waals surface area contributed by atoms with Crippen LogP contribution in [0.3, 0.4) is 0 Å². The van der Waals surface area contributed by atoms with Gasteiger partial charge in [0.1, 0.15) is 5.60 Å². The minimum absolute atomic E-state index is 0.132. The number of aryl methyl sites for hydroxylation is 1. The summed E-state index contributed by atoms with van der Waals surface area (Å²) in [5.41, 5.74) is 1.95. The highest BCUT2D eigenvalue weighted by Gasteiger charge is 2.19. The molecule has 1 rings (SSSR count). The molecule has 0 aromatic carbocycles. The van der Waals surface area contributed by atoms with Gasteiger partial charge < -0.3 is 9.47 Å². The summed E-state index contributed by atoms with van der Waals surface area (Å²) < 4.78 is 10.6. The van der Waals surface area contributed by atoms with E-state index in [0.717, 1.165) is 11.1 Å². The Morgan fingerprint density at radius 1 is 1.37 bits per heavy atom. The molecule has 0 aliphatic carbocycles. The highest BCUT2D eigenvalue weighted by Crippen LogP contribution is 2.27. The minimum Gasteiger partial charge on any atom is -0.444 e. The number of rotatable bonds is 3. The molecule has 1 atom stereocenters. The lowest BCUT2D eigenvalue weighted by atomic mass is 10.1. The molecular formula is C14H22N2O3. The number of carbonyl (C=O) groups excluding carboxylic acids is 1. The molecule has 0 aliphatic heterocycles. The van der Waals surface area contributed by atoms with E-state index in [-0.39, 0.29) is 6.10 Å². The number of aromatic nitrogens is 1. The fourth-order valence-electron chi connectivity index (χ4n) is 1.75. The van der Waals surface area contributed by atoms with E-state index in [9.17, 15) is 4.79 Å². The zero-order valence-electron chi connectivity index (χ0n) is 12.4. The molecule has 106 valence electrons. The molecule has 1 N–H and O–H groups in total. The van der Waals surface area contributed by atoms with E-state index in [0.29, 0.717) is 5.69 Å². The van der Waals surface area contributed by atoms with Crippen LogP contribution in [-0.4, -0.2) is 23.8 Å². The normalized spacial score (nSPS) is 12.9. The first-order chi connectivity index (χ1) is 8.74. The van der Waals surface area contributed by atoms with Gasteiger partial charge in [0.05, 0.1) is 18.0 Å². The number of nitrogens with zero attached hydrogens (tertiary/aromatic N) is 1. The van der Waals surface area contributed by atoms with E-state index in [1.54, 1.807) is 19.5 Å². The number of methoxy groups -OCH3 is 1. The number of nitrogens with one attached hydrogen (secondary N) is 1. The zero-order valence-corrected chi connectivity index (χ0v) is 12.4. The Hall–Kier alpha value is -1.62. The van der Waals surface area contributed by atoms with Crippen molar-refractivity contribution in [1.82, 2.24) is 4.98 Å². The highest BCUT2D eigenvalue weighted by molar-refractivity contribution is 5.86. The van der Waals surface area contributed by atoms with Crippen molar-refractivity contribution in [3.05, 3.63) is 23.5 Å². The molecule has 0 saturated heterocycles. The van der Waals surface area contributed by atoms with Gasteiger partial charge in [0, 0.05) is 18.9 Å². The summed E-state index contributed by atoms with van der Waals surface area (Å²) in [5, 5.41) is 2.72. The third-order valence-corrected chi connectivity index (χ3v) is 2.58. The average molecular weight is 266 g/mol. The van der Waals surface area contributed by atoms with Crippen LogP contribution >= 0.6 is 0 Å². The van der Waals surface area contributed by atoms with E-state index in [1.165, 1.54) is 0 Å². The Balaban J connectivity index is 2.95. The van der Waals surface area contributed by atoms with Crippen LogP contribution < -0.4 is 5.32 Å². The van der Waals surface area contributed by atoms with Crippen LogP contribution in [0.4, 0.5) is 10.5 Å². The van der Waals surface area contributed by atoms with E-state index < -0.39 is 11.7 Å². The SMILES string of the molecule is COC(C)c1c(C)cncc1NC(=O)OC(C)(C)C. The van der Waals surface area contributed by atoms with E-state index in [2.05, 4.69) is 10.3 Å². The van der Waals surface area contributed by atoms with Gasteiger partial charge in [-0.25, -0.2) is 4.79 Å². The van der Waals surface area contributed by atoms with Gasteiger partial charge in [-0.05, 0) is 40.2 Å². The Bertz CT molecular complexity index is 452. The lowest BCUT2D eigenvalue weighted by Crippen LogP contribution is -2.27. The first-order valence-electron chi connectivity index (χ1n) is 6.22. The lowest BCUT2D eigenvalue weighted by Gasteiger charge is -2.22. The van der Waals surface area contributed by atoms with Gasteiger partial charge in [-0.3, -0.25) is 10.3 Å². The van der Waals surface area contributed by atoms with E-state index in [1.807, 2.05) is 34.6 Å². The average Bonchev–Trinajstić information content (AvgIpc) is 2.25. The second-order valence-corrected chi connectivity index (χ2v) is 5.42. The Morgan fingerprint density at radius 2 is 2.00 bits per heavy atom. The van der Waals surface area contributed by atoms with Crippen LogP contribution in [0.15, 0.2) is 12.4 Å². The van der Waals surface area contributed by atoms with Gasteiger partial charge in [-0.1, -0.05) is 0 Å². The Morgan fingerprint density at radius 3 is 2.53 bits per heavy atom. The summed E-state index contributed by atoms with van der Waals surface area (Å²) >= 11 is 0. The van der Waals surface area contributed by atoms with Crippen LogP contribution in [0.2, 0.25) is 0 Å². The predicted octanol–water partition coefficient (Wildman–Crippen LogP) is 3.44. The Labute approximate surface area is 114 Å². The highest BCUT2D eigenvalue weighted by atomic mass is 16.6. The molecule has 0 spiro atoms. The molecule has 1 heterocycles. The van der Waals surface area contributed by atoms with E-state index >= 15 is 0 Å². The van der Waals surface area contributed by atoms with Gasteiger partial charge >= 0.3 is 6.09 Å². The van der Waals surface area contributed by atoms with Crippen molar-refractivity contribution in [3.63, 3.8) is 0 Å². The minimum atomic E-state index is -0.533. The predicted molar refractivity (Wildman–Crippen MR) is 74.3 cm³/mol. The van der Waals surface area contributed by atoms with Crippen LogP contribution in [0, 0.1) is 6.92 Å². The van der Waals surface area contributed by atoms with Crippen molar-refractivity contribution in [1.29, 1.82) is 0 Å². The van der Waals surface area contributed by atoms with Crippen LogP contribution in [0.1, 0.15) is 44.9 Å². The van der Waals surface area contributed by atoms with Crippen molar-refractivity contribution < 1.29 is 14.3 Å². The molecule has 0 bridgehead atoms. The van der Waals surface area contributed by atoms with Gasteiger partial charge in [-0.15, -0.1) is 0 Å². The van der Waals surface area contributed by atoms with Crippen LogP contribution in [0.5, 0.6) is 0 Å². The van der Waals surface area contributed by atoms with Crippen LogP contribution in [-0.2, 0) is 9.47 Å². The summed E-state index contributed by atoms with van der Waals surface area (Å²) in [5.74, 6) is 0. The van der Waals surface area contributed by atoms with Crippen molar-refractivity contribution in [2.24, 2.45) is 0 Å². The first-order valence-corrected chi connectivity index (χ1v) is 6.22. The number of hydrogen-bond acceptors (Lipinski definition) is 4. The molecule has 5 nitrogen and oxygen atoms in total. The van der Waals surface area contributed by atoms with Gasteiger partial charge in [0.25, 0.3) is 0 Å². The maximum Gasteiger partial charge on any atom is 0.412 e. The monoisotopic (exact) mass is 266 g/mol. The molecule has 1 aromatic rings. The van der Waals surface area contributed by atoms with Crippen molar-refractivity contribution >= 4 is 11.8 Å². The van der Waals surface area contributed by atoms with Crippen molar-refractivity contribution in [2.75, 3.05) is 12.4 Å². The molecule has 5 heteroatoms. The van der Waals surface area contributed by atoms with Crippen LogP contribution in [0.25, 0.3) is 0 Å². The lowest BCUT2D eigenvalue weighted by molar-refractivity contribution is 0.0635. The summed E-state index contributed by atoms with van der Waals surface area (Å²) in [6, 6.07) is 0. The quantitative estimate of drug-likeness (QED) is 0.910. The van der Waals surface area contributed by atoms with Gasteiger partial charge in [0.2, 0.25) is 0 Å². The molecule has 1 amide bonds. The third-order valence-electron chi connectivity index (χ3n) is 2.58. The number of hydrogen-bond donors (Lipinski definition) is 1. The largest absolute Gasteiger partial charge is 0.444 e. The molecule has 0 radical (unpaired) electrons. The molecule has 0 aliphatic rings. The maximum atomic E-state index is 11.8. The summed E-state index contributed by atoms with van der Waals surface area (Å²) in [4.78, 5) is 15.9.